The second-order valence-corrected chi connectivity index (χ2v) is 5.59. The molecule has 1 unspecified atom stereocenters. The van der Waals surface area contributed by atoms with E-state index in [0.29, 0.717) is 13.1 Å². The highest BCUT2D eigenvalue weighted by Gasteiger charge is 2.31. The molecule has 1 aliphatic rings. The number of carbonyl (C=O) groups is 1. The molecule has 116 valence electrons. The number of aromatic nitrogens is 3. The average molecular weight is 299 g/mol. The lowest BCUT2D eigenvalue weighted by atomic mass is 10.0. The molecule has 0 saturated carbocycles. The molecule has 0 aliphatic carbocycles. The van der Waals surface area contributed by atoms with Crippen LogP contribution in [0.2, 0.25) is 0 Å². The van der Waals surface area contributed by atoms with Crippen molar-refractivity contribution in [1.29, 1.82) is 0 Å². The Morgan fingerprint density at radius 3 is 2.82 bits per heavy atom. The third-order valence-electron chi connectivity index (χ3n) is 4.24. The summed E-state index contributed by atoms with van der Waals surface area (Å²) in [5, 5.41) is 8.01. The van der Waals surface area contributed by atoms with Crippen LogP contribution in [0, 0.1) is 0 Å². The van der Waals surface area contributed by atoms with Crippen molar-refractivity contribution in [3.8, 4) is 0 Å². The van der Waals surface area contributed by atoms with E-state index >= 15 is 0 Å². The van der Waals surface area contributed by atoms with Crippen LogP contribution in [-0.4, -0.2) is 50.6 Å². The van der Waals surface area contributed by atoms with Gasteiger partial charge in [-0.2, -0.15) is 0 Å². The first kappa shape index (κ1) is 14.7. The largest absolute Gasteiger partial charge is 0.332 e. The molecule has 0 N–H and O–H groups in total. The second-order valence-electron chi connectivity index (χ2n) is 5.59. The number of likely N-dealkylation sites (N-methyl/N-ethyl adjacent to an activating group) is 1. The molecule has 0 saturated heterocycles. The number of rotatable bonds is 4. The van der Waals surface area contributed by atoms with Gasteiger partial charge >= 0.3 is 0 Å². The Hall–Kier alpha value is -2.21. The van der Waals surface area contributed by atoms with Gasteiger partial charge in [0.25, 0.3) is 0 Å². The molecule has 1 atom stereocenters. The van der Waals surface area contributed by atoms with Crippen molar-refractivity contribution in [1.82, 2.24) is 24.6 Å². The number of benzene rings is 1. The van der Waals surface area contributed by atoms with E-state index in [-0.39, 0.29) is 11.9 Å². The van der Waals surface area contributed by atoms with Crippen molar-refractivity contribution in [3.63, 3.8) is 0 Å². The standard InChI is InChI=1S/C16H21N5O/c1-3-19(2)15(13-7-5-4-6-8-13)16(22)20-9-10-21-12-17-18-14(21)11-20/h4-8,12,15H,3,9-11H2,1-2H3. The second kappa shape index (κ2) is 6.27. The van der Waals surface area contributed by atoms with Crippen molar-refractivity contribution in [2.45, 2.75) is 26.1 Å². The average Bonchev–Trinajstić information content (AvgIpc) is 3.03. The number of hydrogen-bond donors (Lipinski definition) is 0. The minimum absolute atomic E-state index is 0.129. The maximum atomic E-state index is 13.1. The Balaban J connectivity index is 1.84. The normalized spacial score (nSPS) is 15.7. The maximum absolute atomic E-state index is 13.1. The van der Waals surface area contributed by atoms with Gasteiger partial charge in [-0.05, 0) is 19.2 Å². The van der Waals surface area contributed by atoms with Crippen LogP contribution in [0.15, 0.2) is 36.7 Å². The molecule has 6 heteroatoms. The lowest BCUT2D eigenvalue weighted by molar-refractivity contribution is -0.138. The van der Waals surface area contributed by atoms with Crippen LogP contribution >= 0.6 is 0 Å². The van der Waals surface area contributed by atoms with Gasteiger partial charge in [0, 0.05) is 13.1 Å². The van der Waals surface area contributed by atoms with Crippen molar-refractivity contribution in [2.24, 2.45) is 0 Å². The fourth-order valence-corrected chi connectivity index (χ4v) is 2.83. The van der Waals surface area contributed by atoms with Crippen LogP contribution < -0.4 is 0 Å². The molecule has 0 spiro atoms. The van der Waals surface area contributed by atoms with Crippen LogP contribution in [0.5, 0.6) is 0 Å². The Bertz CT molecular complexity index is 639. The lowest BCUT2D eigenvalue weighted by Gasteiger charge is -2.34. The predicted octanol–water partition coefficient (Wildman–Crippen LogP) is 1.31. The van der Waals surface area contributed by atoms with Crippen molar-refractivity contribution in [3.05, 3.63) is 48.0 Å². The Kier molecular flexibility index (Phi) is 4.20. The minimum Gasteiger partial charge on any atom is -0.332 e. The summed E-state index contributed by atoms with van der Waals surface area (Å²) in [5.74, 6) is 0.982. The molecule has 1 amide bonds. The highest BCUT2D eigenvalue weighted by molar-refractivity contribution is 5.83. The van der Waals surface area contributed by atoms with Crippen LogP contribution in [0.1, 0.15) is 24.4 Å². The molecular formula is C16H21N5O. The zero-order valence-electron chi connectivity index (χ0n) is 13.0. The fraction of sp³-hybridized carbons (Fsp3) is 0.438. The van der Waals surface area contributed by atoms with Gasteiger partial charge in [0.05, 0.1) is 6.54 Å². The first-order valence-corrected chi connectivity index (χ1v) is 7.61. The molecule has 0 bridgehead atoms. The van der Waals surface area contributed by atoms with Crippen molar-refractivity contribution in [2.75, 3.05) is 20.1 Å². The summed E-state index contributed by atoms with van der Waals surface area (Å²) in [4.78, 5) is 17.0. The number of hydrogen-bond acceptors (Lipinski definition) is 4. The van der Waals surface area contributed by atoms with Crippen molar-refractivity contribution >= 4 is 5.91 Å². The molecule has 1 aromatic carbocycles. The molecule has 1 aromatic heterocycles. The first-order valence-electron chi connectivity index (χ1n) is 7.61. The molecule has 2 heterocycles. The number of nitrogens with zero attached hydrogens (tertiary/aromatic N) is 5. The number of carbonyl (C=O) groups excluding carboxylic acids is 1. The Morgan fingerprint density at radius 1 is 1.32 bits per heavy atom. The highest BCUT2D eigenvalue weighted by Crippen LogP contribution is 2.23. The van der Waals surface area contributed by atoms with E-state index in [9.17, 15) is 4.79 Å². The topological polar surface area (TPSA) is 54.3 Å². The van der Waals surface area contributed by atoms with Gasteiger partial charge < -0.3 is 9.47 Å². The smallest absolute Gasteiger partial charge is 0.244 e. The predicted molar refractivity (Wildman–Crippen MR) is 82.9 cm³/mol. The van der Waals surface area contributed by atoms with E-state index in [1.165, 1.54) is 0 Å². The highest BCUT2D eigenvalue weighted by atomic mass is 16.2. The van der Waals surface area contributed by atoms with Gasteiger partial charge in [0.15, 0.2) is 5.82 Å². The quantitative estimate of drug-likeness (QED) is 0.854. The van der Waals surface area contributed by atoms with Gasteiger partial charge in [0.2, 0.25) is 5.91 Å². The summed E-state index contributed by atoms with van der Waals surface area (Å²) in [6.07, 6.45) is 1.73. The summed E-state index contributed by atoms with van der Waals surface area (Å²) in [5.41, 5.74) is 1.03. The van der Waals surface area contributed by atoms with Gasteiger partial charge in [-0.25, -0.2) is 0 Å². The van der Waals surface area contributed by atoms with Gasteiger partial charge in [-0.3, -0.25) is 9.69 Å². The zero-order chi connectivity index (χ0) is 15.5. The van der Waals surface area contributed by atoms with E-state index in [1.54, 1.807) is 6.33 Å². The molecule has 0 radical (unpaired) electrons. The van der Waals surface area contributed by atoms with Crippen LogP contribution in [0.4, 0.5) is 0 Å². The van der Waals surface area contributed by atoms with Crippen LogP contribution in [0.25, 0.3) is 0 Å². The molecule has 2 aromatic rings. The zero-order valence-corrected chi connectivity index (χ0v) is 13.0. The monoisotopic (exact) mass is 299 g/mol. The maximum Gasteiger partial charge on any atom is 0.244 e. The van der Waals surface area contributed by atoms with E-state index < -0.39 is 0 Å². The van der Waals surface area contributed by atoms with Crippen LogP contribution in [0.3, 0.4) is 0 Å². The third kappa shape index (κ3) is 2.74. The fourth-order valence-electron chi connectivity index (χ4n) is 2.83. The number of fused-ring (bicyclic) bond motifs is 1. The summed E-state index contributed by atoms with van der Waals surface area (Å²) in [7, 11) is 1.99. The first-order chi connectivity index (χ1) is 10.7. The minimum atomic E-state index is -0.249. The van der Waals surface area contributed by atoms with E-state index in [4.69, 9.17) is 0 Å². The molecule has 6 nitrogen and oxygen atoms in total. The van der Waals surface area contributed by atoms with E-state index in [2.05, 4.69) is 22.0 Å². The van der Waals surface area contributed by atoms with E-state index in [0.717, 1.165) is 24.5 Å². The SMILES string of the molecule is CCN(C)C(C(=O)N1CCn2cnnc2C1)c1ccccc1. The Morgan fingerprint density at radius 2 is 2.09 bits per heavy atom. The number of amides is 1. The molecule has 22 heavy (non-hydrogen) atoms. The van der Waals surface area contributed by atoms with Gasteiger partial charge in [-0.1, -0.05) is 37.3 Å². The Labute approximate surface area is 130 Å². The van der Waals surface area contributed by atoms with Gasteiger partial charge in [0.1, 0.15) is 12.4 Å². The summed E-state index contributed by atoms with van der Waals surface area (Å²) in [6.45, 7) is 4.86. The molecule has 0 fully saturated rings. The summed E-state index contributed by atoms with van der Waals surface area (Å²) >= 11 is 0. The molecule has 3 rings (SSSR count). The summed E-state index contributed by atoms with van der Waals surface area (Å²) in [6, 6.07) is 9.71. The van der Waals surface area contributed by atoms with E-state index in [1.807, 2.05) is 46.8 Å². The molecular weight excluding hydrogens is 278 g/mol. The summed E-state index contributed by atoms with van der Waals surface area (Å²) < 4.78 is 2.00. The lowest BCUT2D eigenvalue weighted by Crippen LogP contribution is -2.45. The molecule has 1 aliphatic heterocycles. The van der Waals surface area contributed by atoms with Crippen LogP contribution in [-0.2, 0) is 17.9 Å². The third-order valence-corrected chi connectivity index (χ3v) is 4.24. The van der Waals surface area contributed by atoms with Gasteiger partial charge in [-0.15, -0.1) is 10.2 Å². The van der Waals surface area contributed by atoms with Crippen molar-refractivity contribution < 1.29 is 4.79 Å².